The topological polar surface area (TPSA) is 32.3 Å². The molecule has 0 aromatic rings. The molecule has 1 unspecified atom stereocenters. The van der Waals surface area contributed by atoms with Crippen LogP contribution in [0.5, 0.6) is 0 Å². The van der Waals surface area contributed by atoms with Crippen LogP contribution < -0.4 is 5.32 Å². The van der Waals surface area contributed by atoms with E-state index in [2.05, 4.69) is 24.1 Å². The van der Waals surface area contributed by atoms with Crippen LogP contribution in [-0.4, -0.2) is 35.5 Å². The first kappa shape index (κ1) is 10.9. The van der Waals surface area contributed by atoms with Crippen molar-refractivity contribution in [2.24, 2.45) is 0 Å². The van der Waals surface area contributed by atoms with Crippen LogP contribution in [0.25, 0.3) is 0 Å². The summed E-state index contributed by atoms with van der Waals surface area (Å²) in [5, 5.41) is 3.34. The lowest BCUT2D eigenvalue weighted by Crippen LogP contribution is -2.54. The first-order chi connectivity index (χ1) is 7.17. The van der Waals surface area contributed by atoms with Gasteiger partial charge < -0.3 is 10.2 Å². The molecular weight excluding hydrogens is 188 g/mol. The molecule has 3 heteroatoms. The lowest BCUT2D eigenvalue weighted by atomic mass is 9.77. The van der Waals surface area contributed by atoms with Gasteiger partial charge >= 0.3 is 0 Å². The summed E-state index contributed by atoms with van der Waals surface area (Å²) in [5.41, 5.74) is 0.194. The van der Waals surface area contributed by atoms with Gasteiger partial charge in [0.2, 0.25) is 5.91 Å². The number of nitrogens with one attached hydrogen (secondary N) is 1. The molecule has 2 rings (SSSR count). The molecule has 1 saturated carbocycles. The summed E-state index contributed by atoms with van der Waals surface area (Å²) in [4.78, 5) is 14.2. The zero-order valence-electron chi connectivity index (χ0n) is 9.88. The molecule has 0 bridgehead atoms. The fourth-order valence-electron chi connectivity index (χ4n) is 2.68. The van der Waals surface area contributed by atoms with Gasteiger partial charge in [-0.05, 0) is 45.6 Å². The molecule has 0 aromatic carbocycles. The Morgan fingerprint density at radius 3 is 2.80 bits per heavy atom. The van der Waals surface area contributed by atoms with Gasteiger partial charge in [-0.15, -0.1) is 0 Å². The number of likely N-dealkylation sites (tertiary alicyclic amines) is 1. The number of hydrogen-bond donors (Lipinski definition) is 1. The highest BCUT2D eigenvalue weighted by Gasteiger charge is 2.45. The number of carbonyl (C=O) groups excluding carboxylic acids is 1. The lowest BCUT2D eigenvalue weighted by Gasteiger charge is -2.46. The van der Waals surface area contributed by atoms with Crippen LogP contribution in [0.15, 0.2) is 0 Å². The van der Waals surface area contributed by atoms with Gasteiger partial charge in [0.1, 0.15) is 0 Å². The number of carbonyl (C=O) groups is 1. The Bertz CT molecular complexity index is 248. The highest BCUT2D eigenvalue weighted by molar-refractivity contribution is 5.84. The normalized spacial score (nSPS) is 29.3. The second kappa shape index (κ2) is 4.12. The maximum atomic E-state index is 12.1. The van der Waals surface area contributed by atoms with Gasteiger partial charge in [-0.2, -0.15) is 0 Å². The van der Waals surface area contributed by atoms with Gasteiger partial charge in [0.05, 0.1) is 6.04 Å². The van der Waals surface area contributed by atoms with Gasteiger partial charge in [-0.3, -0.25) is 4.79 Å². The van der Waals surface area contributed by atoms with E-state index in [1.807, 2.05) is 0 Å². The first-order valence-electron chi connectivity index (χ1n) is 6.22. The average molecular weight is 210 g/mol. The first-order valence-corrected chi connectivity index (χ1v) is 6.22. The largest absolute Gasteiger partial charge is 0.336 e. The predicted molar refractivity (Wildman–Crippen MR) is 60.7 cm³/mol. The Hall–Kier alpha value is -0.570. The number of hydrogen-bond acceptors (Lipinski definition) is 2. The Balaban J connectivity index is 1.92. The van der Waals surface area contributed by atoms with Crippen molar-refractivity contribution in [3.05, 3.63) is 0 Å². The molecule has 2 aliphatic rings. The molecule has 1 aliphatic carbocycles. The zero-order valence-corrected chi connectivity index (χ0v) is 9.88. The average Bonchev–Trinajstić information content (AvgIpc) is 2.54. The monoisotopic (exact) mass is 210 g/mol. The summed E-state index contributed by atoms with van der Waals surface area (Å²) in [5.74, 6) is 0.339. The zero-order chi connectivity index (χ0) is 10.9. The molecule has 2 fully saturated rings. The number of amides is 1. The standard InChI is InChI=1S/C12H22N2O/c1-3-8-13-10-5-9-14(11(10)15)12(2)6-4-7-12/h10,13H,3-9H2,1-2H3. The van der Waals surface area contributed by atoms with Crippen LogP contribution in [0, 0.1) is 0 Å². The second-order valence-electron chi connectivity index (χ2n) is 5.14. The summed E-state index contributed by atoms with van der Waals surface area (Å²) in [6, 6.07) is 0.0994. The van der Waals surface area contributed by atoms with E-state index < -0.39 is 0 Å². The lowest BCUT2D eigenvalue weighted by molar-refractivity contribution is -0.137. The highest BCUT2D eigenvalue weighted by atomic mass is 16.2. The van der Waals surface area contributed by atoms with E-state index in [9.17, 15) is 4.79 Å². The van der Waals surface area contributed by atoms with Crippen LogP contribution in [-0.2, 0) is 4.79 Å². The third-order valence-electron chi connectivity index (χ3n) is 3.93. The van der Waals surface area contributed by atoms with Gasteiger partial charge in [-0.1, -0.05) is 6.92 Å². The molecule has 1 amide bonds. The van der Waals surface area contributed by atoms with Gasteiger partial charge in [0.25, 0.3) is 0 Å². The molecule has 1 atom stereocenters. The Kier molecular flexibility index (Phi) is 3.01. The Labute approximate surface area is 92.2 Å². The smallest absolute Gasteiger partial charge is 0.240 e. The van der Waals surface area contributed by atoms with Crippen LogP contribution in [0.2, 0.25) is 0 Å². The minimum atomic E-state index is 0.0994. The third-order valence-corrected chi connectivity index (χ3v) is 3.93. The predicted octanol–water partition coefficient (Wildman–Crippen LogP) is 1.53. The second-order valence-corrected chi connectivity index (χ2v) is 5.14. The van der Waals surface area contributed by atoms with Crippen molar-refractivity contribution >= 4 is 5.91 Å². The molecule has 3 nitrogen and oxygen atoms in total. The molecule has 86 valence electrons. The van der Waals surface area contributed by atoms with Crippen LogP contribution in [0.3, 0.4) is 0 Å². The molecule has 1 heterocycles. The maximum absolute atomic E-state index is 12.1. The van der Waals surface area contributed by atoms with Crippen molar-refractivity contribution < 1.29 is 4.79 Å². The molecule has 1 aliphatic heterocycles. The SMILES string of the molecule is CCCNC1CCN(C2(C)CCC2)C1=O. The van der Waals surface area contributed by atoms with Crippen molar-refractivity contribution in [1.82, 2.24) is 10.2 Å². The number of rotatable bonds is 4. The number of nitrogens with zero attached hydrogens (tertiary/aromatic N) is 1. The molecule has 1 N–H and O–H groups in total. The summed E-state index contributed by atoms with van der Waals surface area (Å²) in [7, 11) is 0. The van der Waals surface area contributed by atoms with E-state index in [0.717, 1.165) is 25.9 Å². The van der Waals surface area contributed by atoms with Crippen molar-refractivity contribution in [1.29, 1.82) is 0 Å². The van der Waals surface area contributed by atoms with E-state index in [0.29, 0.717) is 5.91 Å². The molecule has 0 radical (unpaired) electrons. The van der Waals surface area contributed by atoms with E-state index in [4.69, 9.17) is 0 Å². The molecule has 1 saturated heterocycles. The van der Waals surface area contributed by atoms with Crippen molar-refractivity contribution in [2.75, 3.05) is 13.1 Å². The molecule has 15 heavy (non-hydrogen) atoms. The van der Waals surface area contributed by atoms with Crippen LogP contribution >= 0.6 is 0 Å². The van der Waals surface area contributed by atoms with Crippen LogP contribution in [0.1, 0.15) is 46.0 Å². The maximum Gasteiger partial charge on any atom is 0.240 e. The minimum Gasteiger partial charge on any atom is -0.336 e. The molecular formula is C12H22N2O. The summed E-state index contributed by atoms with van der Waals surface area (Å²) >= 11 is 0. The third kappa shape index (κ3) is 1.89. The highest BCUT2D eigenvalue weighted by Crippen LogP contribution is 2.39. The van der Waals surface area contributed by atoms with Gasteiger partial charge in [0, 0.05) is 12.1 Å². The fourth-order valence-corrected chi connectivity index (χ4v) is 2.68. The summed E-state index contributed by atoms with van der Waals surface area (Å²) in [6.45, 7) is 6.28. The molecule has 0 spiro atoms. The van der Waals surface area contributed by atoms with Gasteiger partial charge in [-0.25, -0.2) is 0 Å². The van der Waals surface area contributed by atoms with Crippen molar-refractivity contribution in [2.45, 2.75) is 57.5 Å². The van der Waals surface area contributed by atoms with E-state index in [-0.39, 0.29) is 11.6 Å². The fraction of sp³-hybridized carbons (Fsp3) is 0.917. The van der Waals surface area contributed by atoms with Crippen molar-refractivity contribution in [3.63, 3.8) is 0 Å². The Morgan fingerprint density at radius 1 is 1.53 bits per heavy atom. The van der Waals surface area contributed by atoms with E-state index in [1.54, 1.807) is 0 Å². The van der Waals surface area contributed by atoms with Crippen molar-refractivity contribution in [3.8, 4) is 0 Å². The Morgan fingerprint density at radius 2 is 2.27 bits per heavy atom. The van der Waals surface area contributed by atoms with E-state index >= 15 is 0 Å². The quantitative estimate of drug-likeness (QED) is 0.763. The van der Waals surface area contributed by atoms with E-state index in [1.165, 1.54) is 19.3 Å². The van der Waals surface area contributed by atoms with Crippen LogP contribution in [0.4, 0.5) is 0 Å². The summed E-state index contributed by atoms with van der Waals surface area (Å²) in [6.07, 6.45) is 5.77. The molecule has 0 aromatic heterocycles. The van der Waals surface area contributed by atoms with Gasteiger partial charge in [0.15, 0.2) is 0 Å². The summed E-state index contributed by atoms with van der Waals surface area (Å²) < 4.78 is 0. The minimum absolute atomic E-state index is 0.0994.